The molecule has 0 aromatic heterocycles. The number of carbonyl (C=O) groups excluding carboxylic acids is 1. The van der Waals surface area contributed by atoms with Gasteiger partial charge in [0.05, 0.1) is 11.7 Å². The van der Waals surface area contributed by atoms with Crippen LogP contribution in [-0.2, 0) is 14.2 Å². The summed E-state index contributed by atoms with van der Waals surface area (Å²) in [6, 6.07) is 7.33. The highest BCUT2D eigenvalue weighted by Gasteiger charge is 2.32. The molecule has 3 unspecified atom stereocenters. The maximum atomic E-state index is 11.8. The van der Waals surface area contributed by atoms with Crippen molar-refractivity contribution in [2.45, 2.75) is 32.7 Å². The Labute approximate surface area is 113 Å². The van der Waals surface area contributed by atoms with Crippen molar-refractivity contribution in [2.24, 2.45) is 5.92 Å². The van der Waals surface area contributed by atoms with Gasteiger partial charge in [0.25, 0.3) is 0 Å². The zero-order valence-electron chi connectivity index (χ0n) is 11.6. The minimum absolute atomic E-state index is 0.0747. The van der Waals surface area contributed by atoms with Crippen molar-refractivity contribution in [3.8, 4) is 0 Å². The minimum Gasteiger partial charge on any atom is -0.459 e. The Balaban J connectivity index is 1.83. The Morgan fingerprint density at radius 1 is 1.37 bits per heavy atom. The molecular formula is C15H20O4. The lowest BCUT2D eigenvalue weighted by Crippen LogP contribution is -2.20. The highest BCUT2D eigenvalue weighted by Crippen LogP contribution is 2.26. The van der Waals surface area contributed by atoms with Gasteiger partial charge in [-0.25, -0.2) is 4.79 Å². The fraction of sp³-hybridized carbons (Fsp3) is 0.533. The minimum atomic E-state index is -0.308. The molecular weight excluding hydrogens is 244 g/mol. The topological polar surface area (TPSA) is 44.8 Å². The number of aryl methyl sites for hydroxylation is 1. The van der Waals surface area contributed by atoms with Crippen molar-refractivity contribution < 1.29 is 19.0 Å². The standard InChI is InChI=1S/C15H20O4/c1-10-4-6-12(7-5-10)14(16)18-9-13-8-11(2)15(17-3)19-13/h4-7,11,13,15H,8-9H2,1-3H3. The van der Waals surface area contributed by atoms with E-state index >= 15 is 0 Å². The first-order chi connectivity index (χ1) is 9.10. The molecule has 104 valence electrons. The lowest BCUT2D eigenvalue weighted by molar-refractivity contribution is -0.136. The number of hydrogen-bond acceptors (Lipinski definition) is 4. The summed E-state index contributed by atoms with van der Waals surface area (Å²) in [6.07, 6.45) is 0.581. The van der Waals surface area contributed by atoms with Gasteiger partial charge in [-0.05, 0) is 25.5 Å². The lowest BCUT2D eigenvalue weighted by Gasteiger charge is -2.13. The van der Waals surface area contributed by atoms with Crippen LogP contribution in [0.25, 0.3) is 0 Å². The van der Waals surface area contributed by atoms with E-state index in [1.165, 1.54) is 0 Å². The number of rotatable bonds is 4. The van der Waals surface area contributed by atoms with Crippen molar-refractivity contribution in [3.05, 3.63) is 35.4 Å². The Hall–Kier alpha value is -1.39. The fourth-order valence-corrected chi connectivity index (χ4v) is 2.24. The van der Waals surface area contributed by atoms with Crippen molar-refractivity contribution in [1.82, 2.24) is 0 Å². The van der Waals surface area contributed by atoms with E-state index in [9.17, 15) is 4.79 Å². The smallest absolute Gasteiger partial charge is 0.338 e. The molecule has 0 N–H and O–H groups in total. The van der Waals surface area contributed by atoms with E-state index in [4.69, 9.17) is 14.2 Å². The van der Waals surface area contributed by atoms with Gasteiger partial charge in [0.15, 0.2) is 6.29 Å². The number of esters is 1. The van der Waals surface area contributed by atoms with Crippen LogP contribution < -0.4 is 0 Å². The van der Waals surface area contributed by atoms with Crippen LogP contribution in [0.1, 0.15) is 29.3 Å². The number of benzene rings is 1. The molecule has 1 heterocycles. The highest BCUT2D eigenvalue weighted by molar-refractivity contribution is 5.89. The van der Waals surface area contributed by atoms with Crippen LogP contribution in [0.15, 0.2) is 24.3 Å². The Morgan fingerprint density at radius 3 is 2.63 bits per heavy atom. The average Bonchev–Trinajstić information content (AvgIpc) is 2.77. The van der Waals surface area contributed by atoms with Crippen molar-refractivity contribution in [1.29, 1.82) is 0 Å². The molecule has 0 amide bonds. The van der Waals surface area contributed by atoms with E-state index in [1.54, 1.807) is 19.2 Å². The summed E-state index contributed by atoms with van der Waals surface area (Å²) in [5.41, 5.74) is 1.69. The van der Waals surface area contributed by atoms with Gasteiger partial charge in [-0.3, -0.25) is 0 Å². The van der Waals surface area contributed by atoms with Crippen LogP contribution in [0.4, 0.5) is 0 Å². The number of methoxy groups -OCH3 is 1. The largest absolute Gasteiger partial charge is 0.459 e. The van der Waals surface area contributed by atoms with Crippen LogP contribution in [0, 0.1) is 12.8 Å². The number of hydrogen-bond donors (Lipinski definition) is 0. The molecule has 1 saturated heterocycles. The van der Waals surface area contributed by atoms with Gasteiger partial charge in [-0.2, -0.15) is 0 Å². The fourth-order valence-electron chi connectivity index (χ4n) is 2.24. The second-order valence-electron chi connectivity index (χ2n) is 5.04. The molecule has 2 rings (SSSR count). The second kappa shape index (κ2) is 6.17. The molecule has 4 nitrogen and oxygen atoms in total. The molecule has 19 heavy (non-hydrogen) atoms. The molecule has 4 heteroatoms. The predicted octanol–water partition coefficient (Wildman–Crippen LogP) is 2.55. The van der Waals surface area contributed by atoms with Crippen LogP contribution in [-0.4, -0.2) is 32.1 Å². The van der Waals surface area contributed by atoms with Gasteiger partial charge in [0, 0.05) is 13.0 Å². The molecule has 1 aliphatic heterocycles. The van der Waals surface area contributed by atoms with Crippen molar-refractivity contribution in [2.75, 3.05) is 13.7 Å². The summed E-state index contributed by atoms with van der Waals surface area (Å²) in [5.74, 6) is 0.0187. The van der Waals surface area contributed by atoms with Gasteiger partial charge in [0.1, 0.15) is 6.61 Å². The third-order valence-corrected chi connectivity index (χ3v) is 3.35. The Kier molecular flexibility index (Phi) is 4.56. The van der Waals surface area contributed by atoms with Gasteiger partial charge in [0.2, 0.25) is 0 Å². The highest BCUT2D eigenvalue weighted by atomic mass is 16.7. The van der Waals surface area contributed by atoms with Crippen LogP contribution in [0.3, 0.4) is 0 Å². The Bertz CT molecular complexity index is 426. The molecule has 3 atom stereocenters. The monoisotopic (exact) mass is 264 g/mol. The van der Waals surface area contributed by atoms with Gasteiger partial charge >= 0.3 is 5.97 Å². The molecule has 1 aromatic carbocycles. The van der Waals surface area contributed by atoms with E-state index < -0.39 is 0 Å². The normalized spacial score (nSPS) is 26.4. The molecule has 1 fully saturated rings. The molecule has 1 aliphatic rings. The van der Waals surface area contributed by atoms with Crippen LogP contribution in [0.5, 0.6) is 0 Å². The molecule has 1 aromatic rings. The molecule has 0 aliphatic carbocycles. The lowest BCUT2D eigenvalue weighted by atomic mass is 10.1. The van der Waals surface area contributed by atoms with E-state index in [0.29, 0.717) is 11.5 Å². The molecule has 0 spiro atoms. The third kappa shape index (κ3) is 3.55. The average molecular weight is 264 g/mol. The molecule has 0 radical (unpaired) electrons. The zero-order chi connectivity index (χ0) is 13.8. The van der Waals surface area contributed by atoms with Gasteiger partial charge in [-0.15, -0.1) is 0 Å². The van der Waals surface area contributed by atoms with Crippen molar-refractivity contribution in [3.63, 3.8) is 0 Å². The number of carbonyl (C=O) groups is 1. The van der Waals surface area contributed by atoms with E-state index in [1.807, 2.05) is 19.1 Å². The summed E-state index contributed by atoms with van der Waals surface area (Å²) in [7, 11) is 1.63. The van der Waals surface area contributed by atoms with E-state index in [2.05, 4.69) is 6.92 Å². The second-order valence-corrected chi connectivity index (χ2v) is 5.04. The van der Waals surface area contributed by atoms with Gasteiger partial charge < -0.3 is 14.2 Å². The zero-order valence-corrected chi connectivity index (χ0v) is 11.6. The quantitative estimate of drug-likeness (QED) is 0.784. The Morgan fingerprint density at radius 2 is 2.05 bits per heavy atom. The third-order valence-electron chi connectivity index (χ3n) is 3.35. The number of ether oxygens (including phenoxy) is 3. The summed E-state index contributed by atoms with van der Waals surface area (Å²) >= 11 is 0. The maximum absolute atomic E-state index is 11.8. The summed E-state index contributed by atoms with van der Waals surface area (Å²) in [6.45, 7) is 4.32. The first kappa shape index (κ1) is 14.0. The first-order valence-corrected chi connectivity index (χ1v) is 6.52. The predicted molar refractivity (Wildman–Crippen MR) is 70.9 cm³/mol. The van der Waals surface area contributed by atoms with E-state index in [-0.39, 0.29) is 25.0 Å². The SMILES string of the molecule is COC1OC(COC(=O)c2ccc(C)cc2)CC1C. The maximum Gasteiger partial charge on any atom is 0.338 e. The summed E-state index contributed by atoms with van der Waals surface area (Å²) < 4.78 is 16.1. The first-order valence-electron chi connectivity index (χ1n) is 6.52. The van der Waals surface area contributed by atoms with Gasteiger partial charge in [-0.1, -0.05) is 24.6 Å². The van der Waals surface area contributed by atoms with E-state index in [0.717, 1.165) is 12.0 Å². The molecule has 0 bridgehead atoms. The summed E-state index contributed by atoms with van der Waals surface area (Å²) in [4.78, 5) is 11.8. The van der Waals surface area contributed by atoms with Crippen molar-refractivity contribution >= 4 is 5.97 Å². The molecule has 0 saturated carbocycles. The van der Waals surface area contributed by atoms with Crippen LogP contribution >= 0.6 is 0 Å². The summed E-state index contributed by atoms with van der Waals surface area (Å²) in [5, 5.41) is 0. The van der Waals surface area contributed by atoms with Crippen LogP contribution in [0.2, 0.25) is 0 Å².